The summed E-state index contributed by atoms with van der Waals surface area (Å²) in [4.78, 5) is 17.9. The molecular formula is C14H17N3O. The van der Waals surface area contributed by atoms with E-state index in [0.717, 1.165) is 25.7 Å². The molecule has 0 spiro atoms. The topological polar surface area (TPSA) is 71.8 Å². The minimum absolute atomic E-state index is 0.123. The molecule has 1 heterocycles. The number of nitrogens with two attached hydrogens (primary N) is 1. The summed E-state index contributed by atoms with van der Waals surface area (Å²) in [6, 6.07) is 10.4. The van der Waals surface area contributed by atoms with Crippen LogP contribution in [0.5, 0.6) is 0 Å². The Hall–Kier alpha value is -2.10. The third-order valence-corrected chi connectivity index (χ3v) is 2.90. The molecule has 0 fully saturated rings. The number of aromatic amines is 1. The quantitative estimate of drug-likeness (QED) is 0.788. The number of hydrogen-bond acceptors (Lipinski definition) is 3. The van der Waals surface area contributed by atoms with Crippen LogP contribution in [-0.4, -0.2) is 9.97 Å². The molecule has 2 rings (SSSR count). The van der Waals surface area contributed by atoms with Crippen LogP contribution in [0.15, 0.2) is 41.3 Å². The monoisotopic (exact) mass is 243 g/mol. The number of nitrogens with zero attached hydrogens (tertiary/aromatic N) is 1. The summed E-state index contributed by atoms with van der Waals surface area (Å²) in [7, 11) is 0. The van der Waals surface area contributed by atoms with Crippen molar-refractivity contribution < 1.29 is 0 Å². The summed E-state index contributed by atoms with van der Waals surface area (Å²) in [5.41, 5.74) is 7.31. The highest BCUT2D eigenvalue weighted by atomic mass is 16.1. The molecule has 0 radical (unpaired) electrons. The van der Waals surface area contributed by atoms with Crippen LogP contribution < -0.4 is 11.3 Å². The number of H-pyrrole nitrogens is 1. The van der Waals surface area contributed by atoms with Crippen molar-refractivity contribution in [2.75, 3.05) is 5.73 Å². The third-order valence-electron chi connectivity index (χ3n) is 2.90. The summed E-state index contributed by atoms with van der Waals surface area (Å²) in [6.07, 6.45) is 5.39. The van der Waals surface area contributed by atoms with Gasteiger partial charge in [-0.3, -0.25) is 9.78 Å². The average Bonchev–Trinajstić information content (AvgIpc) is 2.38. The van der Waals surface area contributed by atoms with Crippen molar-refractivity contribution in [3.8, 4) is 0 Å². The summed E-state index contributed by atoms with van der Waals surface area (Å²) in [6.45, 7) is 0. The van der Waals surface area contributed by atoms with E-state index < -0.39 is 0 Å². The zero-order chi connectivity index (χ0) is 12.8. The van der Waals surface area contributed by atoms with Crippen molar-refractivity contribution >= 4 is 5.95 Å². The van der Waals surface area contributed by atoms with Crippen LogP contribution in [0.3, 0.4) is 0 Å². The SMILES string of the molecule is Nc1ncc(CCCCc2ccccc2)c(=O)[nH]1. The Balaban J connectivity index is 1.80. The maximum absolute atomic E-state index is 11.5. The fraction of sp³-hybridized carbons (Fsp3) is 0.286. The second-order valence-corrected chi connectivity index (χ2v) is 4.32. The first-order valence-corrected chi connectivity index (χ1v) is 6.13. The van der Waals surface area contributed by atoms with Gasteiger partial charge in [0.25, 0.3) is 5.56 Å². The van der Waals surface area contributed by atoms with Crippen molar-refractivity contribution in [3.63, 3.8) is 0 Å². The van der Waals surface area contributed by atoms with E-state index in [-0.39, 0.29) is 11.5 Å². The first-order valence-electron chi connectivity index (χ1n) is 6.13. The number of anilines is 1. The van der Waals surface area contributed by atoms with Gasteiger partial charge in [-0.2, -0.15) is 0 Å². The lowest BCUT2D eigenvalue weighted by Gasteiger charge is -2.02. The Labute approximate surface area is 106 Å². The fourth-order valence-corrected chi connectivity index (χ4v) is 1.90. The number of nitrogen functional groups attached to an aromatic ring is 1. The molecule has 3 N–H and O–H groups in total. The largest absolute Gasteiger partial charge is 0.369 e. The van der Waals surface area contributed by atoms with Gasteiger partial charge in [0.05, 0.1) is 0 Å². The molecule has 18 heavy (non-hydrogen) atoms. The average molecular weight is 243 g/mol. The van der Waals surface area contributed by atoms with Gasteiger partial charge < -0.3 is 5.73 Å². The molecule has 0 unspecified atom stereocenters. The first kappa shape index (κ1) is 12.4. The van der Waals surface area contributed by atoms with Gasteiger partial charge >= 0.3 is 0 Å². The maximum atomic E-state index is 11.5. The van der Waals surface area contributed by atoms with Crippen LogP contribution in [-0.2, 0) is 12.8 Å². The first-order chi connectivity index (χ1) is 8.75. The molecule has 0 atom stereocenters. The van der Waals surface area contributed by atoms with Crippen molar-refractivity contribution in [3.05, 3.63) is 58.0 Å². The Bertz CT molecular complexity index is 548. The number of unbranched alkanes of at least 4 members (excludes halogenated alkanes) is 1. The number of aryl methyl sites for hydroxylation is 2. The zero-order valence-corrected chi connectivity index (χ0v) is 10.2. The van der Waals surface area contributed by atoms with Gasteiger partial charge in [-0.15, -0.1) is 0 Å². The van der Waals surface area contributed by atoms with Gasteiger partial charge in [0.2, 0.25) is 0 Å². The number of hydrogen-bond donors (Lipinski definition) is 2. The molecule has 1 aromatic heterocycles. The molecule has 0 saturated carbocycles. The summed E-state index contributed by atoms with van der Waals surface area (Å²) in [5.74, 6) is 0.174. The standard InChI is InChI=1S/C14H17N3O/c15-14-16-10-12(13(18)17-14)9-5-4-8-11-6-2-1-3-7-11/h1-3,6-7,10H,4-5,8-9H2,(H3,15,16,17,18). The van der Waals surface area contributed by atoms with E-state index in [9.17, 15) is 4.79 Å². The molecule has 0 aliphatic carbocycles. The van der Waals surface area contributed by atoms with E-state index in [2.05, 4.69) is 22.1 Å². The van der Waals surface area contributed by atoms with E-state index in [1.165, 1.54) is 5.56 Å². The summed E-state index contributed by atoms with van der Waals surface area (Å²) < 4.78 is 0. The normalized spacial score (nSPS) is 10.4. The van der Waals surface area contributed by atoms with Crippen molar-refractivity contribution in [1.29, 1.82) is 0 Å². The van der Waals surface area contributed by atoms with Gasteiger partial charge in [-0.05, 0) is 31.2 Å². The van der Waals surface area contributed by atoms with Crippen LogP contribution in [0, 0.1) is 0 Å². The molecule has 4 nitrogen and oxygen atoms in total. The van der Waals surface area contributed by atoms with Gasteiger partial charge in [0.15, 0.2) is 5.95 Å². The van der Waals surface area contributed by atoms with E-state index in [1.807, 2.05) is 18.2 Å². The molecule has 94 valence electrons. The summed E-state index contributed by atoms with van der Waals surface area (Å²) in [5, 5.41) is 0. The number of nitrogens with one attached hydrogen (secondary N) is 1. The van der Waals surface area contributed by atoms with E-state index >= 15 is 0 Å². The highest BCUT2D eigenvalue weighted by Crippen LogP contribution is 2.06. The molecular weight excluding hydrogens is 226 g/mol. The van der Waals surface area contributed by atoms with E-state index in [0.29, 0.717) is 5.56 Å². The predicted octanol–water partition coefficient (Wildman–Crippen LogP) is 1.92. The highest BCUT2D eigenvalue weighted by molar-refractivity contribution is 5.17. The number of benzene rings is 1. The second-order valence-electron chi connectivity index (χ2n) is 4.32. The van der Waals surface area contributed by atoms with Crippen molar-refractivity contribution in [1.82, 2.24) is 9.97 Å². The number of aromatic nitrogens is 2. The lowest BCUT2D eigenvalue weighted by atomic mass is 10.1. The Morgan fingerprint density at radius 2 is 1.83 bits per heavy atom. The van der Waals surface area contributed by atoms with Gasteiger partial charge in [-0.1, -0.05) is 30.3 Å². The minimum Gasteiger partial charge on any atom is -0.369 e. The highest BCUT2D eigenvalue weighted by Gasteiger charge is 2.01. The van der Waals surface area contributed by atoms with Crippen molar-refractivity contribution in [2.45, 2.75) is 25.7 Å². The van der Waals surface area contributed by atoms with Crippen LogP contribution in [0.25, 0.3) is 0 Å². The Morgan fingerprint density at radius 3 is 2.56 bits per heavy atom. The molecule has 4 heteroatoms. The van der Waals surface area contributed by atoms with Crippen LogP contribution in [0.1, 0.15) is 24.0 Å². The molecule has 0 aliphatic rings. The van der Waals surface area contributed by atoms with Crippen molar-refractivity contribution in [2.24, 2.45) is 0 Å². The molecule has 0 bridgehead atoms. The fourth-order valence-electron chi connectivity index (χ4n) is 1.90. The van der Waals surface area contributed by atoms with Crippen LogP contribution >= 0.6 is 0 Å². The van der Waals surface area contributed by atoms with Crippen LogP contribution in [0.2, 0.25) is 0 Å². The predicted molar refractivity (Wildman–Crippen MR) is 72.4 cm³/mol. The number of rotatable bonds is 5. The molecule has 0 aliphatic heterocycles. The van der Waals surface area contributed by atoms with Gasteiger partial charge in [0, 0.05) is 11.8 Å². The smallest absolute Gasteiger partial charge is 0.255 e. The minimum atomic E-state index is -0.123. The zero-order valence-electron chi connectivity index (χ0n) is 10.2. The second kappa shape index (κ2) is 6.00. The Morgan fingerprint density at radius 1 is 1.11 bits per heavy atom. The van der Waals surface area contributed by atoms with Gasteiger partial charge in [-0.25, -0.2) is 4.98 Å². The Kier molecular flexibility index (Phi) is 4.12. The lowest BCUT2D eigenvalue weighted by molar-refractivity contribution is 0.727. The van der Waals surface area contributed by atoms with E-state index in [4.69, 9.17) is 5.73 Å². The maximum Gasteiger partial charge on any atom is 0.255 e. The van der Waals surface area contributed by atoms with Gasteiger partial charge in [0.1, 0.15) is 0 Å². The molecule has 2 aromatic rings. The lowest BCUT2D eigenvalue weighted by Crippen LogP contribution is -2.15. The molecule has 0 amide bonds. The van der Waals surface area contributed by atoms with Crippen LogP contribution in [0.4, 0.5) is 5.95 Å². The molecule has 1 aromatic carbocycles. The van der Waals surface area contributed by atoms with E-state index in [1.54, 1.807) is 6.20 Å². The third kappa shape index (κ3) is 3.45. The summed E-state index contributed by atoms with van der Waals surface area (Å²) >= 11 is 0. The molecule has 0 saturated heterocycles.